The molecule has 0 fully saturated rings. The van der Waals surface area contributed by atoms with Gasteiger partial charge in [0.1, 0.15) is 0 Å². The zero-order chi connectivity index (χ0) is 19.0. The molecular formula is C26H34O. The molecule has 0 amide bonds. The fourth-order valence-electron chi connectivity index (χ4n) is 2.95. The Morgan fingerprint density at radius 3 is 2.04 bits per heavy atom. The Bertz CT molecular complexity index is 652. The molecule has 0 bridgehead atoms. The van der Waals surface area contributed by atoms with Gasteiger partial charge in [-0.2, -0.15) is 0 Å². The molecule has 0 saturated carbocycles. The van der Waals surface area contributed by atoms with Gasteiger partial charge in [-0.05, 0) is 29.5 Å². The average molecular weight is 363 g/mol. The number of rotatable bonds is 13. The molecule has 1 nitrogen and oxygen atoms in total. The Hall–Kier alpha value is -2.12. The van der Waals surface area contributed by atoms with Crippen LogP contribution < -0.4 is 0 Å². The Morgan fingerprint density at radius 1 is 0.704 bits per heavy atom. The van der Waals surface area contributed by atoms with Crippen LogP contribution in [0.25, 0.3) is 12.2 Å². The molecule has 0 aliphatic heterocycles. The maximum Gasteiger partial charge on any atom is 0.0716 e. The van der Waals surface area contributed by atoms with Crippen LogP contribution in [0.3, 0.4) is 0 Å². The summed E-state index contributed by atoms with van der Waals surface area (Å²) in [6, 6.07) is 19.1. The molecule has 0 N–H and O–H groups in total. The molecule has 0 unspecified atom stereocenters. The van der Waals surface area contributed by atoms with Crippen molar-refractivity contribution >= 4 is 12.2 Å². The Balaban J connectivity index is 1.59. The van der Waals surface area contributed by atoms with Crippen molar-refractivity contribution in [2.45, 2.75) is 58.5 Å². The van der Waals surface area contributed by atoms with Crippen molar-refractivity contribution in [3.05, 3.63) is 83.4 Å². The van der Waals surface area contributed by atoms with Crippen molar-refractivity contribution in [3.63, 3.8) is 0 Å². The first-order valence-corrected chi connectivity index (χ1v) is 10.4. The van der Waals surface area contributed by atoms with E-state index in [1.165, 1.54) is 55.2 Å². The van der Waals surface area contributed by atoms with Crippen molar-refractivity contribution in [1.82, 2.24) is 0 Å². The second kappa shape index (κ2) is 14.0. The summed E-state index contributed by atoms with van der Waals surface area (Å²) in [5.41, 5.74) is 3.74. The van der Waals surface area contributed by atoms with Gasteiger partial charge in [-0.3, -0.25) is 0 Å². The van der Waals surface area contributed by atoms with Gasteiger partial charge in [0, 0.05) is 6.61 Å². The van der Waals surface area contributed by atoms with Crippen LogP contribution in [0.15, 0.2) is 66.7 Å². The zero-order valence-corrected chi connectivity index (χ0v) is 16.8. The summed E-state index contributed by atoms with van der Waals surface area (Å²) in [6.07, 6.45) is 17.5. The molecule has 0 spiro atoms. The summed E-state index contributed by atoms with van der Waals surface area (Å²) in [5, 5.41) is 0. The summed E-state index contributed by atoms with van der Waals surface area (Å²) >= 11 is 0. The van der Waals surface area contributed by atoms with Gasteiger partial charge in [-0.1, -0.05) is 118 Å². The van der Waals surface area contributed by atoms with E-state index in [-0.39, 0.29) is 0 Å². The molecule has 0 aliphatic rings. The average Bonchev–Trinajstić information content (AvgIpc) is 2.71. The number of hydrogen-bond donors (Lipinski definition) is 0. The molecule has 0 atom stereocenters. The van der Waals surface area contributed by atoms with Gasteiger partial charge in [-0.15, -0.1) is 0 Å². The van der Waals surface area contributed by atoms with Crippen LogP contribution in [-0.2, 0) is 11.3 Å². The molecule has 2 rings (SSSR count). The highest BCUT2D eigenvalue weighted by molar-refractivity contribution is 5.52. The van der Waals surface area contributed by atoms with Crippen molar-refractivity contribution in [1.29, 1.82) is 0 Å². The molecule has 0 radical (unpaired) electrons. The van der Waals surface area contributed by atoms with E-state index >= 15 is 0 Å². The second-order valence-electron chi connectivity index (χ2n) is 7.01. The maximum absolute atomic E-state index is 5.79. The third-order valence-corrected chi connectivity index (χ3v) is 4.58. The summed E-state index contributed by atoms with van der Waals surface area (Å²) in [6.45, 7) is 3.85. The van der Waals surface area contributed by atoms with Gasteiger partial charge in [0.15, 0.2) is 0 Å². The molecule has 2 aromatic rings. The number of allylic oxidation sites excluding steroid dienone is 2. The van der Waals surface area contributed by atoms with E-state index in [1.807, 2.05) is 6.07 Å². The van der Waals surface area contributed by atoms with Crippen molar-refractivity contribution in [2.75, 3.05) is 6.61 Å². The molecular weight excluding hydrogens is 328 g/mol. The number of ether oxygens (including phenoxy) is 1. The van der Waals surface area contributed by atoms with Gasteiger partial charge in [0.2, 0.25) is 0 Å². The van der Waals surface area contributed by atoms with Gasteiger partial charge < -0.3 is 4.74 Å². The summed E-state index contributed by atoms with van der Waals surface area (Å²) in [5.74, 6) is 0. The SMILES string of the molecule is CCCCCCCCOCc1ccc(C=CCC=Cc2ccccc2)cc1. The minimum Gasteiger partial charge on any atom is -0.377 e. The van der Waals surface area contributed by atoms with Crippen LogP contribution >= 0.6 is 0 Å². The van der Waals surface area contributed by atoms with E-state index < -0.39 is 0 Å². The Labute approximate surface area is 165 Å². The van der Waals surface area contributed by atoms with E-state index in [9.17, 15) is 0 Å². The highest BCUT2D eigenvalue weighted by atomic mass is 16.5. The maximum atomic E-state index is 5.79. The van der Waals surface area contributed by atoms with Crippen LogP contribution in [0.4, 0.5) is 0 Å². The highest BCUT2D eigenvalue weighted by Gasteiger charge is 1.95. The summed E-state index contributed by atoms with van der Waals surface area (Å²) in [7, 11) is 0. The normalized spacial score (nSPS) is 11.6. The van der Waals surface area contributed by atoms with E-state index in [2.05, 4.69) is 79.8 Å². The van der Waals surface area contributed by atoms with E-state index in [4.69, 9.17) is 4.74 Å². The predicted molar refractivity (Wildman–Crippen MR) is 119 cm³/mol. The minimum atomic E-state index is 0.721. The van der Waals surface area contributed by atoms with Gasteiger partial charge in [0.25, 0.3) is 0 Å². The summed E-state index contributed by atoms with van der Waals surface area (Å²) in [4.78, 5) is 0. The predicted octanol–water partition coefficient (Wildman–Crippen LogP) is 7.68. The molecule has 27 heavy (non-hydrogen) atoms. The monoisotopic (exact) mass is 362 g/mol. The highest BCUT2D eigenvalue weighted by Crippen LogP contribution is 2.10. The lowest BCUT2D eigenvalue weighted by molar-refractivity contribution is 0.116. The van der Waals surface area contributed by atoms with Gasteiger partial charge >= 0.3 is 0 Å². The van der Waals surface area contributed by atoms with Crippen molar-refractivity contribution in [2.24, 2.45) is 0 Å². The largest absolute Gasteiger partial charge is 0.377 e. The third kappa shape index (κ3) is 9.96. The Kier molecular flexibility index (Phi) is 11.0. The standard InChI is InChI=1S/C26H34O/c1-2-3-4-5-6-13-22-27-23-26-20-18-25(19-21-26)17-12-8-11-16-24-14-9-7-10-15-24/h7,9-12,14-21H,2-6,8,13,22-23H2,1H3. The van der Waals surface area contributed by atoms with Crippen LogP contribution in [0, 0.1) is 0 Å². The van der Waals surface area contributed by atoms with Crippen LogP contribution in [0.5, 0.6) is 0 Å². The first-order chi connectivity index (χ1) is 13.4. The van der Waals surface area contributed by atoms with Gasteiger partial charge in [0.05, 0.1) is 6.61 Å². The van der Waals surface area contributed by atoms with Crippen molar-refractivity contribution in [3.8, 4) is 0 Å². The third-order valence-electron chi connectivity index (χ3n) is 4.58. The van der Waals surface area contributed by atoms with E-state index in [0.29, 0.717) is 0 Å². The lowest BCUT2D eigenvalue weighted by Crippen LogP contribution is -1.95. The van der Waals surface area contributed by atoms with Crippen LogP contribution in [0.1, 0.15) is 68.6 Å². The van der Waals surface area contributed by atoms with Gasteiger partial charge in [-0.25, -0.2) is 0 Å². The minimum absolute atomic E-state index is 0.721. The Morgan fingerprint density at radius 2 is 1.33 bits per heavy atom. The van der Waals surface area contributed by atoms with Crippen molar-refractivity contribution < 1.29 is 4.74 Å². The topological polar surface area (TPSA) is 9.23 Å². The molecule has 1 heteroatoms. The summed E-state index contributed by atoms with van der Waals surface area (Å²) < 4.78 is 5.79. The smallest absolute Gasteiger partial charge is 0.0716 e. The number of hydrogen-bond acceptors (Lipinski definition) is 1. The first kappa shape index (κ1) is 21.2. The first-order valence-electron chi connectivity index (χ1n) is 10.4. The van der Waals surface area contributed by atoms with Crippen LogP contribution in [-0.4, -0.2) is 6.61 Å². The molecule has 0 heterocycles. The lowest BCUT2D eigenvalue weighted by Gasteiger charge is -2.05. The molecule has 2 aromatic carbocycles. The molecule has 0 aliphatic carbocycles. The fraction of sp³-hybridized carbons (Fsp3) is 0.385. The fourth-order valence-corrected chi connectivity index (χ4v) is 2.95. The number of benzene rings is 2. The zero-order valence-electron chi connectivity index (χ0n) is 16.8. The second-order valence-corrected chi connectivity index (χ2v) is 7.01. The lowest BCUT2D eigenvalue weighted by atomic mass is 10.1. The van der Waals surface area contributed by atoms with E-state index in [1.54, 1.807) is 0 Å². The molecule has 0 aromatic heterocycles. The molecule has 0 saturated heterocycles. The number of unbranched alkanes of at least 4 members (excludes halogenated alkanes) is 5. The van der Waals surface area contributed by atoms with Crippen LogP contribution in [0.2, 0.25) is 0 Å². The van der Waals surface area contributed by atoms with E-state index in [0.717, 1.165) is 19.6 Å². The molecule has 144 valence electrons. The quantitative estimate of drug-likeness (QED) is 0.332.